The van der Waals surface area contributed by atoms with E-state index in [0.717, 1.165) is 5.92 Å². The van der Waals surface area contributed by atoms with Gasteiger partial charge in [0.05, 0.1) is 0 Å². The summed E-state index contributed by atoms with van der Waals surface area (Å²) in [6.45, 7) is 15.4. The van der Waals surface area contributed by atoms with Crippen LogP contribution in [0.2, 0.25) is 0 Å². The molecule has 1 radical (unpaired) electrons. The second-order valence-corrected chi connectivity index (χ2v) is 4.36. The molecule has 0 nitrogen and oxygen atoms in total. The molecule has 0 heteroatoms. The van der Waals surface area contributed by atoms with Gasteiger partial charge in [-0.3, -0.25) is 0 Å². The average molecular weight is 141 g/mol. The summed E-state index contributed by atoms with van der Waals surface area (Å²) in [6, 6.07) is 0. The third-order valence-corrected chi connectivity index (χ3v) is 2.24. The zero-order chi connectivity index (χ0) is 8.36. The standard InChI is InChI=1S/C10H21/c1-7-9(8(2)3)10(4,5)6/h8-9H,2,7H2,1,3-6H3. The summed E-state index contributed by atoms with van der Waals surface area (Å²) < 4.78 is 0. The molecule has 10 heavy (non-hydrogen) atoms. The Morgan fingerprint density at radius 3 is 1.70 bits per heavy atom. The first kappa shape index (κ1) is 10.0. The van der Waals surface area contributed by atoms with Crippen LogP contribution in [0.25, 0.3) is 0 Å². The molecule has 0 fully saturated rings. The molecule has 0 aliphatic heterocycles. The van der Waals surface area contributed by atoms with Gasteiger partial charge >= 0.3 is 0 Å². The molecule has 0 saturated carbocycles. The van der Waals surface area contributed by atoms with Crippen LogP contribution in [-0.4, -0.2) is 0 Å². The molecular weight excluding hydrogens is 120 g/mol. The molecule has 0 aliphatic carbocycles. The van der Waals surface area contributed by atoms with E-state index in [0.29, 0.717) is 11.3 Å². The zero-order valence-electron chi connectivity index (χ0n) is 8.07. The maximum absolute atomic E-state index is 4.08. The molecule has 0 saturated heterocycles. The van der Waals surface area contributed by atoms with Gasteiger partial charge in [-0.05, 0) is 17.3 Å². The quantitative estimate of drug-likeness (QED) is 0.552. The van der Waals surface area contributed by atoms with E-state index in [4.69, 9.17) is 0 Å². The predicted octanol–water partition coefficient (Wildman–Crippen LogP) is 3.53. The first-order valence-electron chi connectivity index (χ1n) is 4.22. The van der Waals surface area contributed by atoms with Crippen LogP contribution in [0.4, 0.5) is 0 Å². The Bertz CT molecular complexity index is 84.7. The van der Waals surface area contributed by atoms with E-state index in [1.807, 2.05) is 0 Å². The summed E-state index contributed by atoms with van der Waals surface area (Å²) in [5.41, 5.74) is 0.427. The molecule has 0 aromatic heterocycles. The molecule has 0 spiro atoms. The van der Waals surface area contributed by atoms with Gasteiger partial charge in [-0.1, -0.05) is 48.0 Å². The molecule has 0 aliphatic rings. The molecule has 61 valence electrons. The topological polar surface area (TPSA) is 0 Å². The van der Waals surface area contributed by atoms with Crippen molar-refractivity contribution in [1.29, 1.82) is 0 Å². The lowest BCUT2D eigenvalue weighted by Crippen LogP contribution is -2.24. The smallest absolute Gasteiger partial charge is 0.0342 e. The van der Waals surface area contributed by atoms with Gasteiger partial charge in [0.2, 0.25) is 0 Å². The third-order valence-electron chi connectivity index (χ3n) is 2.24. The highest BCUT2D eigenvalue weighted by atomic mass is 14.3. The highest BCUT2D eigenvalue weighted by molar-refractivity contribution is 4.78. The van der Waals surface area contributed by atoms with Crippen LogP contribution in [0, 0.1) is 24.2 Å². The third kappa shape index (κ3) is 2.72. The van der Waals surface area contributed by atoms with E-state index in [1.165, 1.54) is 6.42 Å². The van der Waals surface area contributed by atoms with Crippen molar-refractivity contribution in [2.24, 2.45) is 17.3 Å². The first-order valence-corrected chi connectivity index (χ1v) is 4.22. The first-order chi connectivity index (χ1) is 4.39. The Labute approximate surface area is 66.0 Å². The van der Waals surface area contributed by atoms with E-state index < -0.39 is 0 Å². The van der Waals surface area contributed by atoms with Crippen LogP contribution < -0.4 is 0 Å². The van der Waals surface area contributed by atoms with Crippen LogP contribution in [0.3, 0.4) is 0 Å². The maximum atomic E-state index is 4.08. The fourth-order valence-corrected chi connectivity index (χ4v) is 1.87. The van der Waals surface area contributed by atoms with Gasteiger partial charge < -0.3 is 0 Å². The molecule has 2 unspecified atom stereocenters. The molecule has 0 bridgehead atoms. The van der Waals surface area contributed by atoms with Crippen molar-refractivity contribution in [2.75, 3.05) is 0 Å². The van der Waals surface area contributed by atoms with Crippen molar-refractivity contribution in [3.8, 4) is 0 Å². The summed E-state index contributed by atoms with van der Waals surface area (Å²) in [5.74, 6) is 1.33. The monoisotopic (exact) mass is 141 g/mol. The Kier molecular flexibility index (Phi) is 3.41. The largest absolute Gasteiger partial charge is 0.0651 e. The molecule has 0 N–H and O–H groups in total. The van der Waals surface area contributed by atoms with Crippen molar-refractivity contribution in [1.82, 2.24) is 0 Å². The molecule has 0 aromatic carbocycles. The minimum absolute atomic E-state index is 0.427. The highest BCUT2D eigenvalue weighted by Crippen LogP contribution is 2.33. The van der Waals surface area contributed by atoms with Crippen LogP contribution >= 0.6 is 0 Å². The average Bonchev–Trinajstić information content (AvgIpc) is 1.60. The zero-order valence-corrected chi connectivity index (χ0v) is 8.07. The maximum Gasteiger partial charge on any atom is -0.0342 e. The highest BCUT2D eigenvalue weighted by Gasteiger charge is 2.25. The molecular formula is C10H21. The van der Waals surface area contributed by atoms with Crippen molar-refractivity contribution < 1.29 is 0 Å². The van der Waals surface area contributed by atoms with Crippen molar-refractivity contribution in [3.05, 3.63) is 6.92 Å². The van der Waals surface area contributed by atoms with Crippen molar-refractivity contribution >= 4 is 0 Å². The van der Waals surface area contributed by atoms with Crippen LogP contribution in [0.15, 0.2) is 0 Å². The summed E-state index contributed by atoms with van der Waals surface area (Å²) in [6.07, 6.45) is 1.24. The molecule has 0 heterocycles. The number of rotatable bonds is 2. The fourth-order valence-electron chi connectivity index (χ4n) is 1.87. The Morgan fingerprint density at radius 2 is 1.70 bits per heavy atom. The van der Waals surface area contributed by atoms with Gasteiger partial charge in [-0.2, -0.15) is 0 Å². The second kappa shape index (κ2) is 3.41. The molecule has 2 atom stereocenters. The normalized spacial score (nSPS) is 15.9. The number of hydrogen-bond donors (Lipinski definition) is 0. The number of hydrogen-bond acceptors (Lipinski definition) is 0. The van der Waals surface area contributed by atoms with E-state index in [9.17, 15) is 0 Å². The van der Waals surface area contributed by atoms with E-state index in [1.54, 1.807) is 0 Å². The SMILES string of the molecule is [CH2]C(C)C(CC)C(C)(C)C. The van der Waals surface area contributed by atoms with E-state index in [2.05, 4.69) is 41.5 Å². The van der Waals surface area contributed by atoms with Gasteiger partial charge in [-0.25, -0.2) is 0 Å². The summed E-state index contributed by atoms with van der Waals surface area (Å²) in [7, 11) is 0. The van der Waals surface area contributed by atoms with Crippen molar-refractivity contribution in [2.45, 2.75) is 41.0 Å². The second-order valence-electron chi connectivity index (χ2n) is 4.36. The van der Waals surface area contributed by atoms with Gasteiger partial charge in [0.25, 0.3) is 0 Å². The fraction of sp³-hybridized carbons (Fsp3) is 0.900. The minimum Gasteiger partial charge on any atom is -0.0651 e. The van der Waals surface area contributed by atoms with Crippen LogP contribution in [-0.2, 0) is 0 Å². The lowest BCUT2D eigenvalue weighted by Gasteiger charge is -2.32. The summed E-state index contributed by atoms with van der Waals surface area (Å²) >= 11 is 0. The van der Waals surface area contributed by atoms with E-state index in [-0.39, 0.29) is 0 Å². The van der Waals surface area contributed by atoms with Gasteiger partial charge in [0.15, 0.2) is 0 Å². The predicted molar refractivity (Wildman–Crippen MR) is 47.8 cm³/mol. The molecule has 0 amide bonds. The van der Waals surface area contributed by atoms with Gasteiger partial charge in [0.1, 0.15) is 0 Å². The van der Waals surface area contributed by atoms with E-state index >= 15 is 0 Å². The lowest BCUT2D eigenvalue weighted by molar-refractivity contribution is 0.186. The Morgan fingerprint density at radius 1 is 1.30 bits per heavy atom. The molecule has 0 rings (SSSR count). The van der Waals surface area contributed by atoms with Crippen molar-refractivity contribution in [3.63, 3.8) is 0 Å². The lowest BCUT2D eigenvalue weighted by atomic mass is 9.73. The molecule has 0 aromatic rings. The Hall–Kier alpha value is 0. The minimum atomic E-state index is 0.427. The summed E-state index contributed by atoms with van der Waals surface area (Å²) in [5, 5.41) is 0. The van der Waals surface area contributed by atoms with Crippen LogP contribution in [0.5, 0.6) is 0 Å². The van der Waals surface area contributed by atoms with Crippen LogP contribution in [0.1, 0.15) is 41.0 Å². The van der Waals surface area contributed by atoms with Gasteiger partial charge in [0, 0.05) is 0 Å². The summed E-state index contributed by atoms with van der Waals surface area (Å²) in [4.78, 5) is 0. The van der Waals surface area contributed by atoms with Gasteiger partial charge in [-0.15, -0.1) is 0 Å². The Balaban J connectivity index is 4.07.